The summed E-state index contributed by atoms with van der Waals surface area (Å²) in [4.78, 5) is 10.1. The van der Waals surface area contributed by atoms with Crippen LogP contribution < -0.4 is 5.32 Å². The first-order valence-electron chi connectivity index (χ1n) is 6.22. The smallest absolute Gasteiger partial charge is 0.269 e. The van der Waals surface area contributed by atoms with Crippen LogP contribution in [0, 0.1) is 10.1 Å². The molecule has 1 aliphatic heterocycles. The number of nitro benzene ring substituents is 1. The summed E-state index contributed by atoms with van der Waals surface area (Å²) in [5, 5.41) is 13.8. The van der Waals surface area contributed by atoms with Gasteiger partial charge in [0.2, 0.25) is 0 Å². The van der Waals surface area contributed by atoms with E-state index in [0.717, 1.165) is 5.56 Å². The molecule has 0 aromatic heterocycles. The maximum Gasteiger partial charge on any atom is 0.269 e. The van der Waals surface area contributed by atoms with Gasteiger partial charge in [-0.2, -0.15) is 0 Å². The van der Waals surface area contributed by atoms with Crippen LogP contribution in [-0.2, 0) is 16.0 Å². The third kappa shape index (κ3) is 3.99. The predicted octanol–water partition coefficient (Wildman–Crippen LogP) is 1.84. The van der Waals surface area contributed by atoms with Crippen LogP contribution >= 0.6 is 0 Å². The number of nitro groups is 1. The molecule has 1 aliphatic rings. The molecule has 1 aromatic carbocycles. The van der Waals surface area contributed by atoms with Crippen LogP contribution in [-0.4, -0.2) is 30.0 Å². The fraction of sp³-hybridized carbons (Fsp3) is 0.538. The van der Waals surface area contributed by atoms with Gasteiger partial charge in [0.05, 0.1) is 17.6 Å². The van der Waals surface area contributed by atoms with Crippen molar-refractivity contribution in [2.75, 3.05) is 13.2 Å². The van der Waals surface area contributed by atoms with E-state index in [1.54, 1.807) is 12.1 Å². The fourth-order valence-corrected chi connectivity index (χ4v) is 1.98. The minimum Gasteiger partial charge on any atom is -0.348 e. The van der Waals surface area contributed by atoms with E-state index < -0.39 is 10.7 Å². The number of hydrogen-bond donors (Lipinski definition) is 1. The van der Waals surface area contributed by atoms with Crippen molar-refractivity contribution in [3.8, 4) is 0 Å². The van der Waals surface area contributed by atoms with E-state index in [-0.39, 0.29) is 11.8 Å². The molecule has 0 aliphatic carbocycles. The zero-order valence-electron chi connectivity index (χ0n) is 11.1. The van der Waals surface area contributed by atoms with Crippen LogP contribution in [0.2, 0.25) is 0 Å². The lowest BCUT2D eigenvalue weighted by atomic mass is 10.2. The highest BCUT2D eigenvalue weighted by atomic mass is 16.7. The zero-order chi connectivity index (χ0) is 13.9. The van der Waals surface area contributed by atoms with E-state index in [1.165, 1.54) is 12.1 Å². The number of nitrogens with one attached hydrogen (secondary N) is 1. The number of rotatable bonds is 5. The van der Waals surface area contributed by atoms with E-state index in [4.69, 9.17) is 9.47 Å². The average molecular weight is 266 g/mol. The van der Waals surface area contributed by atoms with Crippen LogP contribution in [0.4, 0.5) is 5.69 Å². The van der Waals surface area contributed by atoms with Gasteiger partial charge in [-0.1, -0.05) is 12.1 Å². The standard InChI is InChI=1S/C13H18N2O4/c1-13(2)18-9-12(19-13)8-14-7-10-3-5-11(6-4-10)15(16)17/h3-6,12,14H,7-9H2,1-2H3. The van der Waals surface area contributed by atoms with Gasteiger partial charge in [-0.25, -0.2) is 0 Å². The van der Waals surface area contributed by atoms with Gasteiger partial charge >= 0.3 is 0 Å². The van der Waals surface area contributed by atoms with Gasteiger partial charge < -0.3 is 14.8 Å². The summed E-state index contributed by atoms with van der Waals surface area (Å²) in [5.74, 6) is -0.500. The highest BCUT2D eigenvalue weighted by Crippen LogP contribution is 2.21. The van der Waals surface area contributed by atoms with Crippen molar-refractivity contribution in [2.45, 2.75) is 32.3 Å². The third-order valence-electron chi connectivity index (χ3n) is 2.92. The summed E-state index contributed by atoms with van der Waals surface area (Å²) in [7, 11) is 0. The minimum atomic E-state index is -0.500. The first-order chi connectivity index (χ1) is 8.96. The second-order valence-electron chi connectivity index (χ2n) is 5.01. The zero-order valence-corrected chi connectivity index (χ0v) is 11.1. The van der Waals surface area contributed by atoms with Gasteiger partial charge in [-0.05, 0) is 19.4 Å². The molecule has 0 bridgehead atoms. The second kappa shape index (κ2) is 5.64. The molecule has 6 heteroatoms. The Morgan fingerprint density at radius 2 is 2.11 bits per heavy atom. The summed E-state index contributed by atoms with van der Waals surface area (Å²) >= 11 is 0. The molecule has 6 nitrogen and oxygen atoms in total. The van der Waals surface area contributed by atoms with Crippen molar-refractivity contribution in [2.24, 2.45) is 0 Å². The van der Waals surface area contributed by atoms with Crippen molar-refractivity contribution in [1.29, 1.82) is 0 Å². The van der Waals surface area contributed by atoms with Crippen molar-refractivity contribution in [1.82, 2.24) is 5.32 Å². The van der Waals surface area contributed by atoms with Crippen LogP contribution in [0.1, 0.15) is 19.4 Å². The maximum atomic E-state index is 10.5. The van der Waals surface area contributed by atoms with E-state index in [2.05, 4.69) is 5.32 Å². The molecular weight excluding hydrogens is 248 g/mol. The molecule has 1 fully saturated rings. The topological polar surface area (TPSA) is 73.6 Å². The first-order valence-corrected chi connectivity index (χ1v) is 6.22. The summed E-state index contributed by atoms with van der Waals surface area (Å²) in [6.07, 6.45) is 0.0491. The Hall–Kier alpha value is -1.50. The quantitative estimate of drug-likeness (QED) is 0.650. The molecule has 1 heterocycles. The molecule has 0 saturated carbocycles. The summed E-state index contributed by atoms with van der Waals surface area (Å²) in [6, 6.07) is 6.52. The van der Waals surface area contributed by atoms with Crippen molar-refractivity contribution in [3.63, 3.8) is 0 Å². The van der Waals surface area contributed by atoms with E-state index in [1.807, 2.05) is 13.8 Å². The molecule has 19 heavy (non-hydrogen) atoms. The summed E-state index contributed by atoms with van der Waals surface area (Å²) < 4.78 is 11.1. The number of benzene rings is 1. The van der Waals surface area contributed by atoms with E-state index in [9.17, 15) is 10.1 Å². The normalized spacial score (nSPS) is 21.5. The first kappa shape index (κ1) is 13.9. The average Bonchev–Trinajstić information content (AvgIpc) is 2.69. The highest BCUT2D eigenvalue weighted by molar-refractivity contribution is 5.32. The maximum absolute atomic E-state index is 10.5. The molecule has 0 amide bonds. The van der Waals surface area contributed by atoms with Gasteiger partial charge in [0, 0.05) is 25.2 Å². The van der Waals surface area contributed by atoms with Crippen LogP contribution in [0.25, 0.3) is 0 Å². The lowest BCUT2D eigenvalue weighted by Crippen LogP contribution is -2.30. The molecule has 0 radical (unpaired) electrons. The van der Waals surface area contributed by atoms with Gasteiger partial charge in [-0.3, -0.25) is 10.1 Å². The molecule has 1 atom stereocenters. The lowest BCUT2D eigenvalue weighted by Gasteiger charge is -2.17. The Bertz CT molecular complexity index is 444. The number of ether oxygens (including phenoxy) is 2. The SMILES string of the molecule is CC1(C)OCC(CNCc2ccc([N+](=O)[O-])cc2)O1. The lowest BCUT2D eigenvalue weighted by molar-refractivity contribution is -0.384. The van der Waals surface area contributed by atoms with Gasteiger partial charge in [0.25, 0.3) is 5.69 Å². The molecule has 1 unspecified atom stereocenters. The summed E-state index contributed by atoms with van der Waals surface area (Å²) in [6.45, 7) is 5.71. The number of hydrogen-bond acceptors (Lipinski definition) is 5. The summed E-state index contributed by atoms with van der Waals surface area (Å²) in [5.41, 5.74) is 1.11. The van der Waals surface area contributed by atoms with Crippen LogP contribution in [0.15, 0.2) is 24.3 Å². The largest absolute Gasteiger partial charge is 0.348 e. The molecule has 1 N–H and O–H groups in total. The molecule has 104 valence electrons. The Kier molecular flexibility index (Phi) is 4.14. The second-order valence-corrected chi connectivity index (χ2v) is 5.01. The van der Waals surface area contributed by atoms with Crippen LogP contribution in [0.3, 0.4) is 0 Å². The monoisotopic (exact) mass is 266 g/mol. The molecule has 2 rings (SSSR count). The molecular formula is C13H18N2O4. The third-order valence-corrected chi connectivity index (χ3v) is 2.92. The highest BCUT2D eigenvalue weighted by Gasteiger charge is 2.32. The van der Waals surface area contributed by atoms with Crippen LogP contribution in [0.5, 0.6) is 0 Å². The fourth-order valence-electron chi connectivity index (χ4n) is 1.98. The number of non-ortho nitro benzene ring substituents is 1. The Balaban J connectivity index is 1.75. The van der Waals surface area contributed by atoms with Gasteiger partial charge in [0.1, 0.15) is 0 Å². The molecule has 1 saturated heterocycles. The Morgan fingerprint density at radius 1 is 1.42 bits per heavy atom. The number of nitrogens with zero attached hydrogens (tertiary/aromatic N) is 1. The van der Waals surface area contributed by atoms with E-state index in [0.29, 0.717) is 19.7 Å². The molecule has 1 aromatic rings. The van der Waals surface area contributed by atoms with Gasteiger partial charge in [0.15, 0.2) is 5.79 Å². The van der Waals surface area contributed by atoms with Crippen molar-refractivity contribution in [3.05, 3.63) is 39.9 Å². The minimum absolute atomic E-state index is 0.0491. The Morgan fingerprint density at radius 3 is 2.63 bits per heavy atom. The van der Waals surface area contributed by atoms with E-state index >= 15 is 0 Å². The van der Waals surface area contributed by atoms with Crippen molar-refractivity contribution >= 4 is 5.69 Å². The molecule has 0 spiro atoms. The predicted molar refractivity (Wildman–Crippen MR) is 69.7 cm³/mol. The Labute approximate surface area is 111 Å². The van der Waals surface area contributed by atoms with Crippen molar-refractivity contribution < 1.29 is 14.4 Å². The van der Waals surface area contributed by atoms with Gasteiger partial charge in [-0.15, -0.1) is 0 Å².